The highest BCUT2D eigenvalue weighted by Gasteiger charge is 2.06. The molecular weight excluding hydrogens is 302 g/mol. The molecule has 0 fully saturated rings. The molecule has 1 amide bonds. The molecule has 2 rings (SSSR count). The standard InChI is InChI=1S/C20H23NO3/c1-4-13-23-18-10-8-17(9-11-18)20(22)21-12-14-24-19-7-5-6-15(2)16(19)3/h4-11H,1,12-14H2,2-3H3,(H,21,22). The highest BCUT2D eigenvalue weighted by Crippen LogP contribution is 2.20. The van der Waals surface area contributed by atoms with E-state index in [1.165, 1.54) is 5.56 Å². The van der Waals surface area contributed by atoms with Crippen molar-refractivity contribution in [2.24, 2.45) is 0 Å². The Labute approximate surface area is 143 Å². The van der Waals surface area contributed by atoms with E-state index in [-0.39, 0.29) is 5.91 Å². The maximum atomic E-state index is 12.1. The van der Waals surface area contributed by atoms with Gasteiger partial charge in [-0.15, -0.1) is 0 Å². The monoisotopic (exact) mass is 325 g/mol. The molecule has 126 valence electrons. The van der Waals surface area contributed by atoms with Crippen molar-refractivity contribution in [1.82, 2.24) is 5.32 Å². The van der Waals surface area contributed by atoms with E-state index < -0.39 is 0 Å². The lowest BCUT2D eigenvalue weighted by Crippen LogP contribution is -2.28. The number of rotatable bonds is 8. The van der Waals surface area contributed by atoms with Crippen molar-refractivity contribution in [3.8, 4) is 11.5 Å². The second kappa shape index (κ2) is 8.77. The zero-order valence-corrected chi connectivity index (χ0v) is 14.2. The number of hydrogen-bond donors (Lipinski definition) is 1. The van der Waals surface area contributed by atoms with Crippen LogP contribution in [-0.4, -0.2) is 25.7 Å². The van der Waals surface area contributed by atoms with E-state index in [0.29, 0.717) is 31.1 Å². The van der Waals surface area contributed by atoms with Gasteiger partial charge in [0.2, 0.25) is 0 Å². The third kappa shape index (κ3) is 4.88. The number of carbonyl (C=O) groups excluding carboxylic acids is 1. The summed E-state index contributed by atoms with van der Waals surface area (Å²) in [5.74, 6) is 1.44. The zero-order chi connectivity index (χ0) is 17.4. The largest absolute Gasteiger partial charge is 0.491 e. The fourth-order valence-corrected chi connectivity index (χ4v) is 2.17. The predicted molar refractivity (Wildman–Crippen MR) is 95.9 cm³/mol. The van der Waals surface area contributed by atoms with Crippen LogP contribution in [0.1, 0.15) is 21.5 Å². The first-order valence-corrected chi connectivity index (χ1v) is 7.93. The summed E-state index contributed by atoms with van der Waals surface area (Å²) in [7, 11) is 0. The Hall–Kier alpha value is -2.75. The van der Waals surface area contributed by atoms with Crippen LogP contribution in [0, 0.1) is 13.8 Å². The van der Waals surface area contributed by atoms with Crippen molar-refractivity contribution in [2.75, 3.05) is 19.8 Å². The fraction of sp³-hybridized carbons (Fsp3) is 0.250. The molecule has 0 aliphatic rings. The van der Waals surface area contributed by atoms with E-state index in [1.807, 2.05) is 32.0 Å². The molecule has 0 saturated heterocycles. The first-order valence-electron chi connectivity index (χ1n) is 7.93. The van der Waals surface area contributed by atoms with Crippen LogP contribution in [0.25, 0.3) is 0 Å². The van der Waals surface area contributed by atoms with Gasteiger partial charge >= 0.3 is 0 Å². The van der Waals surface area contributed by atoms with Gasteiger partial charge in [0.05, 0.1) is 6.54 Å². The summed E-state index contributed by atoms with van der Waals surface area (Å²) in [4.78, 5) is 12.1. The Morgan fingerprint density at radius 3 is 2.58 bits per heavy atom. The van der Waals surface area contributed by atoms with Crippen molar-refractivity contribution in [3.63, 3.8) is 0 Å². The van der Waals surface area contributed by atoms with E-state index in [9.17, 15) is 4.79 Å². The smallest absolute Gasteiger partial charge is 0.251 e. The van der Waals surface area contributed by atoms with E-state index in [2.05, 4.69) is 11.9 Å². The molecule has 0 aliphatic carbocycles. The van der Waals surface area contributed by atoms with Crippen LogP contribution in [0.15, 0.2) is 55.1 Å². The maximum Gasteiger partial charge on any atom is 0.251 e. The average Bonchev–Trinajstić information content (AvgIpc) is 2.60. The third-order valence-electron chi connectivity index (χ3n) is 3.68. The zero-order valence-electron chi connectivity index (χ0n) is 14.2. The number of benzene rings is 2. The molecule has 0 aromatic heterocycles. The van der Waals surface area contributed by atoms with E-state index in [1.54, 1.807) is 30.3 Å². The molecule has 0 saturated carbocycles. The molecule has 2 aromatic carbocycles. The van der Waals surface area contributed by atoms with Crippen LogP contribution >= 0.6 is 0 Å². The highest BCUT2D eigenvalue weighted by molar-refractivity contribution is 5.94. The Balaban J connectivity index is 1.78. The van der Waals surface area contributed by atoms with Gasteiger partial charge in [0, 0.05) is 5.56 Å². The molecule has 0 heterocycles. The van der Waals surface area contributed by atoms with Gasteiger partial charge in [-0.05, 0) is 55.3 Å². The molecule has 4 nitrogen and oxygen atoms in total. The molecular formula is C20H23NO3. The molecule has 0 aliphatic heterocycles. The van der Waals surface area contributed by atoms with Crippen LogP contribution in [-0.2, 0) is 0 Å². The summed E-state index contributed by atoms with van der Waals surface area (Å²) in [6.07, 6.45) is 1.68. The normalized spacial score (nSPS) is 10.1. The van der Waals surface area contributed by atoms with E-state index >= 15 is 0 Å². The minimum absolute atomic E-state index is 0.130. The maximum absolute atomic E-state index is 12.1. The Morgan fingerprint density at radius 2 is 1.88 bits per heavy atom. The first-order chi connectivity index (χ1) is 11.6. The van der Waals surface area contributed by atoms with Crippen molar-refractivity contribution < 1.29 is 14.3 Å². The SMILES string of the molecule is C=CCOc1ccc(C(=O)NCCOc2cccc(C)c2C)cc1. The lowest BCUT2D eigenvalue weighted by Gasteiger charge is -2.11. The first kappa shape index (κ1) is 17.6. The average molecular weight is 325 g/mol. The summed E-state index contributed by atoms with van der Waals surface area (Å²) in [5, 5.41) is 2.84. The number of nitrogens with one attached hydrogen (secondary N) is 1. The van der Waals surface area contributed by atoms with Crippen molar-refractivity contribution in [3.05, 3.63) is 71.8 Å². The van der Waals surface area contributed by atoms with Gasteiger partial charge in [-0.2, -0.15) is 0 Å². The van der Waals surface area contributed by atoms with Gasteiger partial charge in [0.1, 0.15) is 24.7 Å². The van der Waals surface area contributed by atoms with E-state index in [0.717, 1.165) is 11.3 Å². The summed E-state index contributed by atoms with van der Waals surface area (Å²) < 4.78 is 11.1. The number of carbonyl (C=O) groups is 1. The molecule has 24 heavy (non-hydrogen) atoms. The Kier molecular flexibility index (Phi) is 6.43. The number of ether oxygens (including phenoxy) is 2. The number of amides is 1. The molecule has 0 spiro atoms. The number of aryl methyl sites for hydroxylation is 1. The van der Waals surface area contributed by atoms with Crippen LogP contribution in [0.5, 0.6) is 11.5 Å². The van der Waals surface area contributed by atoms with Crippen LogP contribution in [0.2, 0.25) is 0 Å². The van der Waals surface area contributed by atoms with Crippen molar-refractivity contribution >= 4 is 5.91 Å². The van der Waals surface area contributed by atoms with Crippen molar-refractivity contribution in [1.29, 1.82) is 0 Å². The Bertz CT molecular complexity index is 693. The molecule has 1 N–H and O–H groups in total. The Morgan fingerprint density at radius 1 is 1.12 bits per heavy atom. The molecule has 2 aromatic rings. The van der Waals surface area contributed by atoms with E-state index in [4.69, 9.17) is 9.47 Å². The number of hydrogen-bond acceptors (Lipinski definition) is 3. The van der Waals surface area contributed by atoms with Crippen LogP contribution in [0.4, 0.5) is 0 Å². The third-order valence-corrected chi connectivity index (χ3v) is 3.68. The van der Waals surface area contributed by atoms with Gasteiger partial charge < -0.3 is 14.8 Å². The van der Waals surface area contributed by atoms with Crippen LogP contribution in [0.3, 0.4) is 0 Å². The second-order valence-electron chi connectivity index (χ2n) is 5.43. The summed E-state index contributed by atoms with van der Waals surface area (Å²) in [6.45, 7) is 8.99. The minimum atomic E-state index is -0.130. The second-order valence-corrected chi connectivity index (χ2v) is 5.43. The van der Waals surface area contributed by atoms with Crippen LogP contribution < -0.4 is 14.8 Å². The molecule has 4 heteroatoms. The highest BCUT2D eigenvalue weighted by atomic mass is 16.5. The lowest BCUT2D eigenvalue weighted by atomic mass is 10.1. The quantitative estimate of drug-likeness (QED) is 0.595. The van der Waals surface area contributed by atoms with Gasteiger partial charge in [-0.1, -0.05) is 24.8 Å². The predicted octanol–water partition coefficient (Wildman–Crippen LogP) is 3.68. The molecule has 0 atom stereocenters. The lowest BCUT2D eigenvalue weighted by molar-refractivity contribution is 0.0947. The van der Waals surface area contributed by atoms with Crippen molar-refractivity contribution in [2.45, 2.75) is 13.8 Å². The summed E-state index contributed by atoms with van der Waals surface area (Å²) in [5.41, 5.74) is 2.90. The summed E-state index contributed by atoms with van der Waals surface area (Å²) in [6, 6.07) is 13.0. The van der Waals surface area contributed by atoms with Gasteiger partial charge in [-0.3, -0.25) is 4.79 Å². The molecule has 0 unspecified atom stereocenters. The van der Waals surface area contributed by atoms with Gasteiger partial charge in [0.25, 0.3) is 5.91 Å². The van der Waals surface area contributed by atoms with Gasteiger partial charge in [-0.25, -0.2) is 0 Å². The minimum Gasteiger partial charge on any atom is -0.491 e. The fourth-order valence-electron chi connectivity index (χ4n) is 2.17. The topological polar surface area (TPSA) is 47.6 Å². The molecule has 0 radical (unpaired) electrons. The molecule has 0 bridgehead atoms. The van der Waals surface area contributed by atoms with Gasteiger partial charge in [0.15, 0.2) is 0 Å². The summed E-state index contributed by atoms with van der Waals surface area (Å²) >= 11 is 0.